The second-order valence-corrected chi connectivity index (χ2v) is 4.48. The van der Waals surface area contributed by atoms with Crippen molar-refractivity contribution in [1.29, 1.82) is 5.26 Å². The van der Waals surface area contributed by atoms with Gasteiger partial charge < -0.3 is 10.2 Å². The topological polar surface area (TPSA) is 64.8 Å². The number of anilines is 2. The van der Waals surface area contributed by atoms with Crippen molar-refractivity contribution >= 4 is 27.7 Å². The highest BCUT2D eigenvalue weighted by Crippen LogP contribution is 2.23. The first-order valence-corrected chi connectivity index (χ1v) is 6.32. The van der Waals surface area contributed by atoms with Crippen LogP contribution in [-0.4, -0.2) is 30.1 Å². The van der Waals surface area contributed by atoms with Gasteiger partial charge in [0.05, 0.1) is 17.0 Å². The fourth-order valence-electron chi connectivity index (χ4n) is 1.27. The van der Waals surface area contributed by atoms with E-state index in [0.29, 0.717) is 18.9 Å². The Morgan fingerprint density at radius 2 is 2.35 bits per heavy atom. The van der Waals surface area contributed by atoms with Gasteiger partial charge >= 0.3 is 0 Å². The summed E-state index contributed by atoms with van der Waals surface area (Å²) in [5, 5.41) is 11.7. The summed E-state index contributed by atoms with van der Waals surface area (Å²) in [6, 6.07) is 2.12. The Hall–Kier alpha value is -1.35. The Balaban J connectivity index is 2.79. The Bertz CT molecular complexity index is 401. The number of nitrogens with zero attached hydrogens (tertiary/aromatic N) is 4. The minimum absolute atomic E-state index is 0.477. The molecule has 0 spiro atoms. The number of halogens is 1. The van der Waals surface area contributed by atoms with Crippen LogP contribution < -0.4 is 10.2 Å². The molecular weight excluding hydrogens is 282 g/mol. The molecule has 0 aliphatic rings. The molecule has 0 bridgehead atoms. The molecule has 0 saturated carbocycles. The number of hydrogen-bond donors (Lipinski definition) is 1. The molecule has 0 radical (unpaired) electrons. The largest absolute Gasteiger partial charge is 0.358 e. The van der Waals surface area contributed by atoms with Gasteiger partial charge in [0, 0.05) is 26.3 Å². The standard InChI is InChI=1S/C11H16BrN5/c1-3-6-14-11-15-8-9(12)10(16-11)17(2)7-4-5-13/h8H,3-4,6-7H2,1-2H3,(H,14,15,16). The maximum Gasteiger partial charge on any atom is 0.224 e. The zero-order valence-electron chi connectivity index (χ0n) is 10.1. The molecule has 1 aromatic rings. The van der Waals surface area contributed by atoms with Gasteiger partial charge in [-0.05, 0) is 22.4 Å². The summed E-state index contributed by atoms with van der Waals surface area (Å²) in [5.74, 6) is 1.42. The average Bonchev–Trinajstić information content (AvgIpc) is 2.35. The smallest absolute Gasteiger partial charge is 0.224 e. The number of nitriles is 1. The number of hydrogen-bond acceptors (Lipinski definition) is 5. The third kappa shape index (κ3) is 4.19. The Morgan fingerprint density at radius 1 is 1.59 bits per heavy atom. The molecule has 17 heavy (non-hydrogen) atoms. The van der Waals surface area contributed by atoms with Gasteiger partial charge in [-0.2, -0.15) is 10.2 Å². The highest BCUT2D eigenvalue weighted by Gasteiger charge is 2.09. The molecule has 1 N–H and O–H groups in total. The molecule has 0 amide bonds. The van der Waals surface area contributed by atoms with E-state index in [1.807, 2.05) is 11.9 Å². The van der Waals surface area contributed by atoms with Crippen LogP contribution in [0, 0.1) is 11.3 Å². The molecular formula is C11H16BrN5. The quantitative estimate of drug-likeness (QED) is 0.873. The monoisotopic (exact) mass is 297 g/mol. The normalized spacial score (nSPS) is 9.76. The van der Waals surface area contributed by atoms with Gasteiger partial charge in [-0.3, -0.25) is 0 Å². The van der Waals surface area contributed by atoms with Crippen LogP contribution in [0.5, 0.6) is 0 Å². The van der Waals surface area contributed by atoms with Crippen LogP contribution in [0.3, 0.4) is 0 Å². The second-order valence-electron chi connectivity index (χ2n) is 3.62. The summed E-state index contributed by atoms with van der Waals surface area (Å²) >= 11 is 3.41. The summed E-state index contributed by atoms with van der Waals surface area (Å²) in [4.78, 5) is 10.5. The van der Waals surface area contributed by atoms with Crippen LogP contribution in [-0.2, 0) is 0 Å². The first kappa shape index (κ1) is 13.7. The molecule has 1 aromatic heterocycles. The Labute approximate surface area is 110 Å². The van der Waals surface area contributed by atoms with Crippen molar-refractivity contribution in [3.63, 3.8) is 0 Å². The Morgan fingerprint density at radius 3 is 3.00 bits per heavy atom. The lowest BCUT2D eigenvalue weighted by atomic mass is 10.4. The first-order valence-electron chi connectivity index (χ1n) is 5.53. The van der Waals surface area contributed by atoms with E-state index in [0.717, 1.165) is 23.3 Å². The molecule has 0 atom stereocenters. The molecule has 0 aliphatic carbocycles. The SMILES string of the molecule is CCCNc1ncc(Br)c(N(C)CCC#N)n1. The van der Waals surface area contributed by atoms with Crippen molar-refractivity contribution in [3.8, 4) is 6.07 Å². The van der Waals surface area contributed by atoms with Crippen molar-refractivity contribution in [3.05, 3.63) is 10.7 Å². The van der Waals surface area contributed by atoms with Gasteiger partial charge in [0.1, 0.15) is 5.82 Å². The van der Waals surface area contributed by atoms with Crippen LogP contribution in [0.1, 0.15) is 19.8 Å². The number of nitrogens with one attached hydrogen (secondary N) is 1. The number of aromatic nitrogens is 2. The summed E-state index contributed by atoms with van der Waals surface area (Å²) in [6.45, 7) is 3.59. The molecule has 0 unspecified atom stereocenters. The molecule has 0 aliphatic heterocycles. The molecule has 0 aromatic carbocycles. The van der Waals surface area contributed by atoms with Gasteiger partial charge in [-0.15, -0.1) is 0 Å². The highest BCUT2D eigenvalue weighted by atomic mass is 79.9. The zero-order valence-corrected chi connectivity index (χ0v) is 11.7. The Kier molecular flexibility index (Phi) is 5.70. The maximum atomic E-state index is 8.57. The van der Waals surface area contributed by atoms with Crippen molar-refractivity contribution < 1.29 is 0 Å². The van der Waals surface area contributed by atoms with Crippen LogP contribution in [0.15, 0.2) is 10.7 Å². The van der Waals surface area contributed by atoms with E-state index in [1.54, 1.807) is 6.20 Å². The third-order valence-electron chi connectivity index (χ3n) is 2.18. The van der Waals surface area contributed by atoms with Gasteiger partial charge in [-0.25, -0.2) is 4.98 Å². The lowest BCUT2D eigenvalue weighted by molar-refractivity contribution is 0.871. The predicted octanol–water partition coefficient (Wildman–Crippen LogP) is 2.41. The van der Waals surface area contributed by atoms with E-state index in [2.05, 4.69) is 44.2 Å². The highest BCUT2D eigenvalue weighted by molar-refractivity contribution is 9.10. The molecule has 5 nitrogen and oxygen atoms in total. The fraction of sp³-hybridized carbons (Fsp3) is 0.545. The van der Waals surface area contributed by atoms with Crippen molar-refractivity contribution in [2.75, 3.05) is 30.4 Å². The minimum atomic E-state index is 0.477. The summed E-state index contributed by atoms with van der Waals surface area (Å²) in [7, 11) is 1.91. The van der Waals surface area contributed by atoms with Gasteiger partial charge in [0.15, 0.2) is 0 Å². The van der Waals surface area contributed by atoms with Gasteiger partial charge in [-0.1, -0.05) is 6.92 Å². The van der Waals surface area contributed by atoms with Crippen LogP contribution in [0.2, 0.25) is 0 Å². The van der Waals surface area contributed by atoms with Crippen LogP contribution in [0.4, 0.5) is 11.8 Å². The first-order chi connectivity index (χ1) is 8.19. The molecule has 92 valence electrons. The molecule has 1 heterocycles. The lowest BCUT2D eigenvalue weighted by Gasteiger charge is -2.18. The lowest BCUT2D eigenvalue weighted by Crippen LogP contribution is -2.20. The van der Waals surface area contributed by atoms with E-state index in [1.165, 1.54) is 0 Å². The van der Waals surface area contributed by atoms with Crippen LogP contribution in [0.25, 0.3) is 0 Å². The van der Waals surface area contributed by atoms with Crippen molar-refractivity contribution in [2.24, 2.45) is 0 Å². The van der Waals surface area contributed by atoms with Gasteiger partial charge in [0.25, 0.3) is 0 Å². The fourth-order valence-corrected chi connectivity index (χ4v) is 1.77. The predicted molar refractivity (Wildman–Crippen MR) is 72.0 cm³/mol. The summed E-state index contributed by atoms with van der Waals surface area (Å²) in [6.07, 6.45) is 3.23. The average molecular weight is 298 g/mol. The van der Waals surface area contributed by atoms with Gasteiger partial charge in [0.2, 0.25) is 5.95 Å². The van der Waals surface area contributed by atoms with E-state index >= 15 is 0 Å². The van der Waals surface area contributed by atoms with Crippen molar-refractivity contribution in [2.45, 2.75) is 19.8 Å². The summed E-state index contributed by atoms with van der Waals surface area (Å²) < 4.78 is 0.833. The third-order valence-corrected chi connectivity index (χ3v) is 2.74. The molecule has 6 heteroatoms. The number of rotatable bonds is 6. The summed E-state index contributed by atoms with van der Waals surface area (Å²) in [5.41, 5.74) is 0. The second kappa shape index (κ2) is 7.07. The minimum Gasteiger partial charge on any atom is -0.358 e. The van der Waals surface area contributed by atoms with E-state index in [-0.39, 0.29) is 0 Å². The van der Waals surface area contributed by atoms with Crippen molar-refractivity contribution in [1.82, 2.24) is 9.97 Å². The molecule has 0 fully saturated rings. The van der Waals surface area contributed by atoms with Crippen LogP contribution >= 0.6 is 15.9 Å². The molecule has 0 saturated heterocycles. The maximum absolute atomic E-state index is 8.57. The van der Waals surface area contributed by atoms with E-state index in [9.17, 15) is 0 Å². The molecule has 1 rings (SSSR count). The zero-order chi connectivity index (χ0) is 12.7. The van der Waals surface area contributed by atoms with E-state index < -0.39 is 0 Å². The van der Waals surface area contributed by atoms with E-state index in [4.69, 9.17) is 5.26 Å².